The van der Waals surface area contributed by atoms with Gasteiger partial charge in [0.05, 0.1) is 22.8 Å². The molecule has 0 radical (unpaired) electrons. The number of hydrogen-bond donors (Lipinski definition) is 0. The summed E-state index contributed by atoms with van der Waals surface area (Å²) in [7, 11) is 0. The molecule has 0 aliphatic carbocycles. The fourth-order valence-electron chi connectivity index (χ4n) is 6.28. The standard InChI is InChI=1S/C42H29N7O4S2/c1-24-13-17-28(18-14-24)48(29-19-15-25(2)16-20-29)41-31-12-8-7-11-30(31)38(54-41)37-36-35(46-55-47-36)33(22-44-37)45-34-26(3)32(21-43)39(50)49(40(34)51)42(52)53-23-27-9-5-4-6-10-27/h4-20,22H,23H2,1-3H3. The molecule has 0 spiro atoms. The van der Waals surface area contributed by atoms with Gasteiger partial charge in [-0.25, -0.2) is 9.79 Å². The summed E-state index contributed by atoms with van der Waals surface area (Å²) >= 11 is 2.54. The molecule has 1 aliphatic heterocycles. The molecule has 8 rings (SSSR count). The third-order valence-corrected chi connectivity index (χ3v) is 10.9. The van der Waals surface area contributed by atoms with Gasteiger partial charge >= 0.3 is 6.09 Å². The van der Waals surface area contributed by atoms with Crippen molar-refractivity contribution in [3.05, 3.63) is 137 Å². The number of benzene rings is 4. The van der Waals surface area contributed by atoms with Crippen LogP contribution >= 0.6 is 23.1 Å². The van der Waals surface area contributed by atoms with Crippen molar-refractivity contribution in [2.75, 3.05) is 4.90 Å². The Balaban J connectivity index is 1.22. The van der Waals surface area contributed by atoms with E-state index in [0.717, 1.165) is 54.9 Å². The van der Waals surface area contributed by atoms with E-state index in [4.69, 9.17) is 9.72 Å². The molecular weight excluding hydrogens is 731 g/mol. The van der Waals surface area contributed by atoms with Crippen molar-refractivity contribution >= 4 is 90.6 Å². The average Bonchev–Trinajstić information content (AvgIpc) is 3.84. The first kappa shape index (κ1) is 35.2. The van der Waals surface area contributed by atoms with Crippen LogP contribution < -0.4 is 4.90 Å². The van der Waals surface area contributed by atoms with Gasteiger partial charge < -0.3 is 9.64 Å². The maximum absolute atomic E-state index is 13.8. The van der Waals surface area contributed by atoms with Gasteiger partial charge in [0.2, 0.25) is 0 Å². The number of nitrogens with zero attached hydrogens (tertiary/aromatic N) is 7. The third-order valence-electron chi connectivity index (χ3n) is 9.16. The lowest BCUT2D eigenvalue weighted by atomic mass is 9.99. The Morgan fingerprint density at radius 3 is 2.09 bits per heavy atom. The minimum Gasteiger partial charge on any atom is -0.444 e. The molecule has 13 heteroatoms. The number of aromatic nitrogens is 3. The van der Waals surface area contributed by atoms with E-state index < -0.39 is 23.5 Å². The van der Waals surface area contributed by atoms with Crippen molar-refractivity contribution in [2.45, 2.75) is 27.4 Å². The van der Waals surface area contributed by atoms with Crippen LogP contribution in [0.4, 0.5) is 26.9 Å². The monoisotopic (exact) mass is 759 g/mol. The number of aliphatic imine (C=N–C) groups is 1. The van der Waals surface area contributed by atoms with Crippen molar-refractivity contribution in [1.29, 1.82) is 5.26 Å². The van der Waals surface area contributed by atoms with Crippen molar-refractivity contribution in [1.82, 2.24) is 18.6 Å². The fraction of sp³-hybridized carbons (Fsp3) is 0.0952. The molecular formula is C42H29N7O4S2. The van der Waals surface area contributed by atoms with Crippen LogP contribution in [0, 0.1) is 25.2 Å². The Hall–Kier alpha value is -6.88. The molecule has 0 atom stereocenters. The van der Waals surface area contributed by atoms with Crippen LogP contribution in [0.1, 0.15) is 23.6 Å². The second kappa shape index (κ2) is 14.5. The van der Waals surface area contributed by atoms with Crippen LogP contribution in [0.5, 0.6) is 0 Å². The summed E-state index contributed by atoms with van der Waals surface area (Å²) in [5, 5.41) is 12.9. The van der Waals surface area contributed by atoms with Gasteiger partial charge in [0.15, 0.2) is 0 Å². The molecule has 7 aromatic rings. The molecule has 0 saturated heterocycles. The van der Waals surface area contributed by atoms with E-state index in [1.807, 2.05) is 18.2 Å². The zero-order chi connectivity index (χ0) is 38.2. The molecule has 0 fully saturated rings. The molecule has 1 aliphatic rings. The molecule has 0 saturated carbocycles. The number of carbonyl (C=O) groups excluding carboxylic acids is 3. The predicted molar refractivity (Wildman–Crippen MR) is 214 cm³/mol. The van der Waals surface area contributed by atoms with Gasteiger partial charge in [0, 0.05) is 27.7 Å². The Morgan fingerprint density at radius 1 is 0.818 bits per heavy atom. The van der Waals surface area contributed by atoms with E-state index in [9.17, 15) is 19.6 Å². The molecule has 0 bridgehead atoms. The predicted octanol–water partition coefficient (Wildman–Crippen LogP) is 9.67. The molecule has 268 valence electrons. The maximum Gasteiger partial charge on any atom is 0.424 e. The quantitative estimate of drug-likeness (QED) is 0.145. The Labute approximate surface area is 323 Å². The normalized spacial score (nSPS) is 13.9. The molecule has 3 aromatic heterocycles. The highest BCUT2D eigenvalue weighted by molar-refractivity contribution is 7.21. The Bertz CT molecular complexity index is 2720. The van der Waals surface area contributed by atoms with E-state index in [2.05, 4.69) is 93.2 Å². The van der Waals surface area contributed by atoms with Crippen molar-refractivity contribution in [2.24, 2.45) is 4.99 Å². The highest BCUT2D eigenvalue weighted by Gasteiger charge is 2.42. The first-order chi connectivity index (χ1) is 26.7. The first-order valence-corrected chi connectivity index (χ1v) is 18.6. The summed E-state index contributed by atoms with van der Waals surface area (Å²) < 4.78 is 14.5. The fourth-order valence-corrected chi connectivity index (χ4v) is 8.15. The summed E-state index contributed by atoms with van der Waals surface area (Å²) in [5.74, 6) is -2.11. The number of rotatable bonds is 7. The van der Waals surface area contributed by atoms with E-state index in [0.29, 0.717) is 27.2 Å². The van der Waals surface area contributed by atoms with Crippen molar-refractivity contribution in [3.63, 3.8) is 0 Å². The zero-order valence-electron chi connectivity index (χ0n) is 29.7. The summed E-state index contributed by atoms with van der Waals surface area (Å²) in [4.78, 5) is 53.0. The van der Waals surface area contributed by atoms with E-state index in [1.54, 1.807) is 41.7 Å². The highest BCUT2D eigenvalue weighted by atomic mass is 32.1. The number of aryl methyl sites for hydroxylation is 2. The van der Waals surface area contributed by atoms with Gasteiger partial charge in [-0.2, -0.15) is 18.9 Å². The lowest BCUT2D eigenvalue weighted by Gasteiger charge is -2.24. The maximum atomic E-state index is 13.8. The highest BCUT2D eigenvalue weighted by Crippen LogP contribution is 2.49. The number of imide groups is 3. The second-order valence-corrected chi connectivity index (χ2v) is 14.3. The van der Waals surface area contributed by atoms with Gasteiger partial charge in [-0.3, -0.25) is 14.6 Å². The van der Waals surface area contributed by atoms with Crippen molar-refractivity contribution < 1.29 is 19.1 Å². The van der Waals surface area contributed by atoms with E-state index in [1.165, 1.54) is 13.1 Å². The summed E-state index contributed by atoms with van der Waals surface area (Å²) in [6.07, 6.45) is 0.269. The number of thiophene rings is 1. The number of ether oxygens (including phenoxy) is 1. The summed E-state index contributed by atoms with van der Waals surface area (Å²) in [5.41, 5.74) is 5.88. The summed E-state index contributed by atoms with van der Waals surface area (Å²) in [6.45, 7) is 5.38. The van der Waals surface area contributed by atoms with Gasteiger partial charge in [-0.05, 0) is 50.6 Å². The SMILES string of the molecule is CC1=C(C#N)C(=O)N(C(=O)OCc2ccccc2)C(=O)C1=Nc1cnc(-c2sc(N(c3ccc(C)cc3)c3ccc(C)cc3)c3ccccc23)c2nsnc12. The topological polar surface area (TPSA) is 142 Å². The molecule has 0 unspecified atom stereocenters. The molecule has 0 N–H and O–H groups in total. The van der Waals surface area contributed by atoms with E-state index >= 15 is 0 Å². The second-order valence-electron chi connectivity index (χ2n) is 12.8. The van der Waals surface area contributed by atoms with Crippen molar-refractivity contribution in [3.8, 4) is 16.6 Å². The molecule has 4 heterocycles. The molecule has 4 aromatic carbocycles. The number of pyridine rings is 1. The first-order valence-electron chi connectivity index (χ1n) is 17.1. The minimum atomic E-state index is -1.22. The minimum absolute atomic E-state index is 0.0196. The number of nitriles is 1. The van der Waals surface area contributed by atoms with Crippen LogP contribution in [0.15, 0.2) is 125 Å². The van der Waals surface area contributed by atoms with Crippen LogP contribution in [0.2, 0.25) is 0 Å². The van der Waals surface area contributed by atoms with Gasteiger partial charge in [-0.15, -0.1) is 11.3 Å². The lowest BCUT2D eigenvalue weighted by Crippen LogP contribution is -2.50. The number of carbonyl (C=O) groups is 3. The van der Waals surface area contributed by atoms with Gasteiger partial charge in [0.1, 0.15) is 51.4 Å². The largest absolute Gasteiger partial charge is 0.444 e. The smallest absolute Gasteiger partial charge is 0.424 e. The van der Waals surface area contributed by atoms with Gasteiger partial charge in [0.25, 0.3) is 11.8 Å². The van der Waals surface area contributed by atoms with Gasteiger partial charge in [-0.1, -0.05) is 90.0 Å². The molecule has 3 amide bonds. The number of amides is 3. The van der Waals surface area contributed by atoms with Crippen LogP contribution in [-0.4, -0.2) is 42.3 Å². The average molecular weight is 760 g/mol. The zero-order valence-corrected chi connectivity index (χ0v) is 31.3. The summed E-state index contributed by atoms with van der Waals surface area (Å²) in [6, 6.07) is 35.6. The van der Waals surface area contributed by atoms with Crippen LogP contribution in [0.3, 0.4) is 0 Å². The lowest BCUT2D eigenvalue weighted by molar-refractivity contribution is -0.136. The number of hydrogen-bond acceptors (Lipinski definition) is 12. The van der Waals surface area contributed by atoms with Crippen LogP contribution in [-0.2, 0) is 20.9 Å². The number of fused-ring (bicyclic) bond motifs is 2. The Kier molecular flexibility index (Phi) is 9.28. The molecule has 55 heavy (non-hydrogen) atoms. The van der Waals surface area contributed by atoms with Crippen LogP contribution in [0.25, 0.3) is 32.4 Å². The third kappa shape index (κ3) is 6.43. The Morgan fingerprint density at radius 2 is 1.44 bits per heavy atom. The molecule has 11 nitrogen and oxygen atoms in total. The van der Waals surface area contributed by atoms with E-state index in [-0.39, 0.29) is 23.6 Å². The number of anilines is 3.